The smallest absolute Gasteiger partial charge is 0.340 e. The first kappa shape index (κ1) is 14.3. The third-order valence-corrected chi connectivity index (χ3v) is 3.49. The maximum atomic E-state index is 11.8. The van der Waals surface area contributed by atoms with E-state index in [1.165, 1.54) is 11.8 Å². The van der Waals surface area contributed by atoms with Crippen LogP contribution >= 0.6 is 11.8 Å². The van der Waals surface area contributed by atoms with Crippen LogP contribution in [0.5, 0.6) is 0 Å². The van der Waals surface area contributed by atoms with Gasteiger partial charge in [0.25, 0.3) is 0 Å². The van der Waals surface area contributed by atoms with Crippen molar-refractivity contribution in [3.05, 3.63) is 41.7 Å². The van der Waals surface area contributed by atoms with Gasteiger partial charge >= 0.3 is 5.97 Å². The van der Waals surface area contributed by atoms with Gasteiger partial charge in [0, 0.05) is 16.8 Å². The SMILES string of the molecule is CCOC(=O)c1cccc(Sc2nccc(C)n2)c1N. The van der Waals surface area contributed by atoms with Crippen molar-refractivity contribution in [1.29, 1.82) is 0 Å². The molecule has 20 heavy (non-hydrogen) atoms. The highest BCUT2D eigenvalue weighted by atomic mass is 32.2. The summed E-state index contributed by atoms with van der Waals surface area (Å²) in [6, 6.07) is 7.06. The number of aromatic nitrogens is 2. The van der Waals surface area contributed by atoms with Gasteiger partial charge in [0.1, 0.15) is 0 Å². The first-order chi connectivity index (χ1) is 9.61. The van der Waals surface area contributed by atoms with Crippen LogP contribution in [0, 0.1) is 6.92 Å². The Balaban J connectivity index is 2.29. The standard InChI is InChI=1S/C14H15N3O2S/c1-3-19-13(18)10-5-4-6-11(12(10)15)20-14-16-8-7-9(2)17-14/h4-8H,3,15H2,1-2H3. The van der Waals surface area contributed by atoms with E-state index in [-0.39, 0.29) is 0 Å². The van der Waals surface area contributed by atoms with Crippen LogP contribution in [0.25, 0.3) is 0 Å². The molecule has 0 fully saturated rings. The van der Waals surface area contributed by atoms with Gasteiger partial charge in [0.05, 0.1) is 17.9 Å². The summed E-state index contributed by atoms with van der Waals surface area (Å²) < 4.78 is 4.97. The summed E-state index contributed by atoms with van der Waals surface area (Å²) in [4.78, 5) is 21.0. The van der Waals surface area contributed by atoms with E-state index in [1.807, 2.05) is 19.1 Å². The van der Waals surface area contributed by atoms with Gasteiger partial charge in [0.15, 0.2) is 5.16 Å². The van der Waals surface area contributed by atoms with Gasteiger partial charge in [-0.05, 0) is 43.8 Å². The Morgan fingerprint density at radius 2 is 2.20 bits per heavy atom. The minimum Gasteiger partial charge on any atom is -0.462 e. The number of hydrogen-bond donors (Lipinski definition) is 1. The van der Waals surface area contributed by atoms with Crippen LogP contribution in [0.3, 0.4) is 0 Å². The summed E-state index contributed by atoms with van der Waals surface area (Å²) in [5.74, 6) is -0.419. The minimum absolute atomic E-state index is 0.316. The van der Waals surface area contributed by atoms with E-state index >= 15 is 0 Å². The molecule has 0 aliphatic rings. The molecule has 0 aliphatic carbocycles. The lowest BCUT2D eigenvalue weighted by Gasteiger charge is -2.09. The van der Waals surface area contributed by atoms with Crippen molar-refractivity contribution in [3.8, 4) is 0 Å². The van der Waals surface area contributed by atoms with Gasteiger partial charge in [-0.15, -0.1) is 0 Å². The average molecular weight is 289 g/mol. The second-order valence-corrected chi connectivity index (χ2v) is 5.03. The first-order valence-corrected chi connectivity index (χ1v) is 6.96. The number of nitrogens with two attached hydrogens (primary N) is 1. The number of carbonyl (C=O) groups excluding carboxylic acids is 1. The Morgan fingerprint density at radius 1 is 1.40 bits per heavy atom. The van der Waals surface area contributed by atoms with Gasteiger partial charge in [0.2, 0.25) is 0 Å². The fourth-order valence-electron chi connectivity index (χ4n) is 1.59. The largest absolute Gasteiger partial charge is 0.462 e. The number of anilines is 1. The van der Waals surface area contributed by atoms with Crippen LogP contribution in [0.1, 0.15) is 23.0 Å². The Bertz CT molecular complexity index is 632. The highest BCUT2D eigenvalue weighted by Gasteiger charge is 2.14. The molecule has 0 saturated heterocycles. The zero-order chi connectivity index (χ0) is 14.5. The molecule has 5 nitrogen and oxygen atoms in total. The van der Waals surface area contributed by atoms with Crippen molar-refractivity contribution in [2.75, 3.05) is 12.3 Å². The topological polar surface area (TPSA) is 78.1 Å². The van der Waals surface area contributed by atoms with E-state index in [0.717, 1.165) is 10.6 Å². The van der Waals surface area contributed by atoms with Crippen LogP contribution in [0.4, 0.5) is 5.69 Å². The van der Waals surface area contributed by atoms with Crippen molar-refractivity contribution in [1.82, 2.24) is 9.97 Å². The molecule has 1 heterocycles. The number of hydrogen-bond acceptors (Lipinski definition) is 6. The van der Waals surface area contributed by atoms with Crippen LogP contribution in [0.15, 0.2) is 40.5 Å². The van der Waals surface area contributed by atoms with Crippen molar-refractivity contribution in [2.45, 2.75) is 23.9 Å². The average Bonchev–Trinajstić information content (AvgIpc) is 2.41. The molecule has 0 spiro atoms. The number of nitrogen functional groups attached to an aromatic ring is 1. The summed E-state index contributed by atoms with van der Waals surface area (Å²) in [7, 11) is 0. The molecule has 2 rings (SSSR count). The van der Waals surface area contributed by atoms with Gasteiger partial charge in [-0.1, -0.05) is 6.07 Å². The van der Waals surface area contributed by atoms with Gasteiger partial charge in [-0.25, -0.2) is 14.8 Å². The molecule has 0 aliphatic heterocycles. The molecule has 0 amide bonds. The van der Waals surface area contributed by atoms with Crippen LogP contribution in [-0.2, 0) is 4.74 Å². The molecule has 0 bridgehead atoms. The molecule has 1 aromatic heterocycles. The highest BCUT2D eigenvalue weighted by molar-refractivity contribution is 7.99. The number of carbonyl (C=O) groups is 1. The third-order valence-electron chi connectivity index (χ3n) is 2.54. The monoisotopic (exact) mass is 289 g/mol. The van der Waals surface area contributed by atoms with E-state index < -0.39 is 5.97 Å². The molecule has 0 radical (unpaired) electrons. The van der Waals surface area contributed by atoms with E-state index in [1.54, 1.807) is 25.3 Å². The quantitative estimate of drug-likeness (QED) is 0.529. The molecule has 0 saturated carbocycles. The molecule has 2 aromatic rings. The normalized spacial score (nSPS) is 10.3. The lowest BCUT2D eigenvalue weighted by atomic mass is 10.2. The summed E-state index contributed by atoms with van der Waals surface area (Å²) in [5.41, 5.74) is 7.66. The Kier molecular flexibility index (Phi) is 4.57. The Morgan fingerprint density at radius 3 is 2.90 bits per heavy atom. The maximum absolute atomic E-state index is 11.8. The van der Waals surface area contributed by atoms with Crippen LogP contribution in [-0.4, -0.2) is 22.5 Å². The van der Waals surface area contributed by atoms with Crippen molar-refractivity contribution in [2.24, 2.45) is 0 Å². The third kappa shape index (κ3) is 3.27. The predicted molar refractivity (Wildman–Crippen MR) is 77.7 cm³/mol. The lowest BCUT2D eigenvalue weighted by Crippen LogP contribution is -2.08. The number of rotatable bonds is 4. The van der Waals surface area contributed by atoms with E-state index in [2.05, 4.69) is 9.97 Å². The molecule has 2 N–H and O–H groups in total. The first-order valence-electron chi connectivity index (χ1n) is 6.15. The number of ether oxygens (including phenoxy) is 1. The lowest BCUT2D eigenvalue weighted by molar-refractivity contribution is 0.0527. The van der Waals surface area contributed by atoms with Gasteiger partial charge in [-0.3, -0.25) is 0 Å². The highest BCUT2D eigenvalue weighted by Crippen LogP contribution is 2.32. The predicted octanol–water partition coefficient (Wildman–Crippen LogP) is 2.70. The summed E-state index contributed by atoms with van der Waals surface area (Å²) in [6.45, 7) is 3.97. The number of para-hydroxylation sites is 1. The molecule has 0 atom stereocenters. The second kappa shape index (κ2) is 6.38. The maximum Gasteiger partial charge on any atom is 0.340 e. The van der Waals surface area contributed by atoms with E-state index in [9.17, 15) is 4.79 Å². The summed E-state index contributed by atoms with van der Waals surface area (Å²) >= 11 is 1.32. The van der Waals surface area contributed by atoms with Crippen LogP contribution in [0.2, 0.25) is 0 Å². The number of nitrogens with zero attached hydrogens (tertiary/aromatic N) is 2. The van der Waals surface area contributed by atoms with Gasteiger partial charge in [-0.2, -0.15) is 0 Å². The van der Waals surface area contributed by atoms with Crippen molar-refractivity contribution < 1.29 is 9.53 Å². The Hall–Kier alpha value is -2.08. The Labute approximate surface area is 121 Å². The molecule has 6 heteroatoms. The number of benzene rings is 1. The second-order valence-electron chi connectivity index (χ2n) is 4.02. The molecular formula is C14H15N3O2S. The zero-order valence-electron chi connectivity index (χ0n) is 11.3. The van der Waals surface area contributed by atoms with Crippen molar-refractivity contribution in [3.63, 3.8) is 0 Å². The minimum atomic E-state index is -0.419. The van der Waals surface area contributed by atoms with Crippen molar-refractivity contribution >= 4 is 23.4 Å². The molecule has 1 aromatic carbocycles. The number of aryl methyl sites for hydroxylation is 1. The molecule has 0 unspecified atom stereocenters. The molecular weight excluding hydrogens is 274 g/mol. The zero-order valence-corrected chi connectivity index (χ0v) is 12.1. The van der Waals surface area contributed by atoms with Gasteiger partial charge < -0.3 is 10.5 Å². The van der Waals surface area contributed by atoms with E-state index in [0.29, 0.717) is 23.0 Å². The number of esters is 1. The van der Waals surface area contributed by atoms with Crippen LogP contribution < -0.4 is 5.73 Å². The van der Waals surface area contributed by atoms with E-state index in [4.69, 9.17) is 10.5 Å². The molecule has 104 valence electrons. The fraction of sp³-hybridized carbons (Fsp3) is 0.214. The fourth-order valence-corrected chi connectivity index (χ4v) is 2.46. The summed E-state index contributed by atoms with van der Waals surface area (Å²) in [5, 5.41) is 0.595. The summed E-state index contributed by atoms with van der Waals surface area (Å²) in [6.07, 6.45) is 1.69.